The summed E-state index contributed by atoms with van der Waals surface area (Å²) in [5, 5.41) is 3.58. The van der Waals surface area contributed by atoms with Crippen molar-refractivity contribution in [2.24, 2.45) is 5.92 Å². The van der Waals surface area contributed by atoms with Crippen LogP contribution in [0.1, 0.15) is 44.6 Å². The zero-order valence-electron chi connectivity index (χ0n) is 18.5. The number of aromatic nitrogens is 1. The molecule has 1 aromatic heterocycles. The van der Waals surface area contributed by atoms with Gasteiger partial charge in [0.2, 0.25) is 0 Å². The molecule has 1 atom stereocenters. The number of nitrogens with one attached hydrogen (secondary N) is 2. The summed E-state index contributed by atoms with van der Waals surface area (Å²) in [7, 11) is -3.69. The van der Waals surface area contributed by atoms with Gasteiger partial charge in [-0.2, -0.15) is 0 Å². The molecule has 168 valence electrons. The molecule has 1 aliphatic rings. The van der Waals surface area contributed by atoms with Crippen molar-refractivity contribution in [3.63, 3.8) is 0 Å². The number of hydrogen-bond donors (Lipinski definition) is 2. The highest BCUT2D eigenvalue weighted by Crippen LogP contribution is 2.29. The van der Waals surface area contributed by atoms with Gasteiger partial charge in [-0.3, -0.25) is 9.71 Å². The lowest BCUT2D eigenvalue weighted by Crippen LogP contribution is -2.28. The number of para-hydroxylation sites is 1. The van der Waals surface area contributed by atoms with E-state index in [0.717, 1.165) is 22.6 Å². The number of pyridine rings is 1. The third-order valence-electron chi connectivity index (χ3n) is 6.22. The van der Waals surface area contributed by atoms with Gasteiger partial charge in [-0.15, -0.1) is 0 Å². The van der Waals surface area contributed by atoms with Gasteiger partial charge in [0, 0.05) is 25.0 Å². The summed E-state index contributed by atoms with van der Waals surface area (Å²) in [4.78, 5) is 4.36. The molecular formula is C26H31N3O2S. The van der Waals surface area contributed by atoms with Crippen LogP contribution in [0.4, 0.5) is 5.69 Å². The Kier molecular flexibility index (Phi) is 7.22. The first-order valence-corrected chi connectivity index (χ1v) is 12.8. The van der Waals surface area contributed by atoms with Crippen molar-refractivity contribution in [3.8, 4) is 11.1 Å². The Labute approximate surface area is 191 Å². The van der Waals surface area contributed by atoms with Gasteiger partial charge in [-0.25, -0.2) is 8.42 Å². The number of benzene rings is 2. The van der Waals surface area contributed by atoms with Crippen molar-refractivity contribution in [1.82, 2.24) is 10.3 Å². The average molecular weight is 450 g/mol. The number of nitrogens with zero attached hydrogens (tertiary/aromatic N) is 1. The second-order valence-electron chi connectivity index (χ2n) is 8.70. The molecule has 5 nitrogen and oxygen atoms in total. The van der Waals surface area contributed by atoms with Crippen LogP contribution in [-0.2, 0) is 16.6 Å². The lowest BCUT2D eigenvalue weighted by molar-refractivity contribution is 0.404. The summed E-state index contributed by atoms with van der Waals surface area (Å²) in [6, 6.07) is 18.7. The van der Waals surface area contributed by atoms with Gasteiger partial charge < -0.3 is 5.32 Å². The lowest BCUT2D eigenvalue weighted by Gasteiger charge is -2.19. The van der Waals surface area contributed by atoms with Gasteiger partial charge in [-0.1, -0.05) is 62.1 Å². The van der Waals surface area contributed by atoms with Crippen LogP contribution in [0.5, 0.6) is 0 Å². The van der Waals surface area contributed by atoms with E-state index in [2.05, 4.69) is 21.9 Å². The molecule has 0 amide bonds. The monoisotopic (exact) mass is 449 g/mol. The molecule has 1 saturated carbocycles. The number of sulfonamides is 1. The van der Waals surface area contributed by atoms with E-state index in [1.807, 2.05) is 48.5 Å². The van der Waals surface area contributed by atoms with E-state index >= 15 is 0 Å². The van der Waals surface area contributed by atoms with Crippen LogP contribution in [0.25, 0.3) is 11.1 Å². The van der Waals surface area contributed by atoms with E-state index in [0.29, 0.717) is 18.3 Å². The molecule has 3 aromatic rings. The zero-order valence-corrected chi connectivity index (χ0v) is 19.3. The number of hydrogen-bond acceptors (Lipinski definition) is 4. The van der Waals surface area contributed by atoms with Crippen molar-refractivity contribution in [2.45, 2.75) is 56.5 Å². The van der Waals surface area contributed by atoms with E-state index in [1.165, 1.54) is 32.1 Å². The molecule has 0 radical (unpaired) electrons. The van der Waals surface area contributed by atoms with Crippen LogP contribution in [0.2, 0.25) is 0 Å². The standard InChI is InChI=1S/C26H31N3O2S/c1-20(17-21-7-2-3-8-21)28-19-24-9-4-5-11-26(24)29-32(30,31)25-14-12-22(13-15-25)23-10-6-16-27-18-23/h4-6,9-16,18,20-21,28-29H,2-3,7-8,17,19H2,1H3/t20-/m0/s1. The summed E-state index contributed by atoms with van der Waals surface area (Å²) < 4.78 is 28.8. The van der Waals surface area contributed by atoms with Gasteiger partial charge >= 0.3 is 0 Å². The highest BCUT2D eigenvalue weighted by atomic mass is 32.2. The van der Waals surface area contributed by atoms with E-state index in [9.17, 15) is 8.42 Å². The minimum absolute atomic E-state index is 0.238. The van der Waals surface area contributed by atoms with Gasteiger partial charge in [0.05, 0.1) is 10.6 Å². The number of rotatable bonds is 9. The average Bonchev–Trinajstić information content (AvgIpc) is 3.32. The van der Waals surface area contributed by atoms with Crippen LogP contribution in [0.15, 0.2) is 78.0 Å². The maximum atomic E-state index is 13.0. The Morgan fingerprint density at radius 1 is 0.969 bits per heavy atom. The highest BCUT2D eigenvalue weighted by molar-refractivity contribution is 7.92. The van der Waals surface area contributed by atoms with E-state index < -0.39 is 10.0 Å². The van der Waals surface area contributed by atoms with E-state index in [1.54, 1.807) is 24.5 Å². The largest absolute Gasteiger partial charge is 0.310 e. The maximum absolute atomic E-state index is 13.0. The molecule has 4 rings (SSSR count). The molecule has 1 heterocycles. The van der Waals surface area contributed by atoms with Crippen molar-refractivity contribution in [3.05, 3.63) is 78.6 Å². The minimum Gasteiger partial charge on any atom is -0.310 e. The third kappa shape index (κ3) is 5.75. The first kappa shape index (κ1) is 22.5. The molecule has 6 heteroatoms. The third-order valence-corrected chi connectivity index (χ3v) is 7.61. The van der Waals surface area contributed by atoms with Crippen LogP contribution >= 0.6 is 0 Å². The normalized spacial score (nSPS) is 15.5. The fraction of sp³-hybridized carbons (Fsp3) is 0.346. The molecule has 1 fully saturated rings. The van der Waals surface area contributed by atoms with Crippen LogP contribution in [0, 0.1) is 5.92 Å². The molecule has 0 unspecified atom stereocenters. The second kappa shape index (κ2) is 10.3. The Bertz CT molecular complexity index is 1110. The van der Waals surface area contributed by atoms with Gasteiger partial charge in [-0.05, 0) is 60.2 Å². The molecule has 2 aromatic carbocycles. The predicted molar refractivity (Wildman–Crippen MR) is 130 cm³/mol. The summed E-state index contributed by atoms with van der Waals surface area (Å²) in [6.07, 6.45) is 10.0. The SMILES string of the molecule is C[C@@H](CC1CCCC1)NCc1ccccc1NS(=O)(=O)c1ccc(-c2cccnc2)cc1. The molecule has 0 spiro atoms. The fourth-order valence-electron chi connectivity index (χ4n) is 4.45. The molecule has 0 aliphatic heterocycles. The molecule has 1 aliphatic carbocycles. The summed E-state index contributed by atoms with van der Waals surface area (Å²) in [5.74, 6) is 0.820. The maximum Gasteiger partial charge on any atom is 0.261 e. The fourth-order valence-corrected chi connectivity index (χ4v) is 5.55. The highest BCUT2D eigenvalue weighted by Gasteiger charge is 2.19. The molecular weight excluding hydrogens is 418 g/mol. The lowest BCUT2D eigenvalue weighted by atomic mass is 9.99. The van der Waals surface area contributed by atoms with Crippen LogP contribution < -0.4 is 10.0 Å². The van der Waals surface area contributed by atoms with E-state index in [4.69, 9.17) is 0 Å². The topological polar surface area (TPSA) is 71.1 Å². The molecule has 2 N–H and O–H groups in total. The molecule has 32 heavy (non-hydrogen) atoms. The van der Waals surface area contributed by atoms with Crippen LogP contribution in [-0.4, -0.2) is 19.4 Å². The predicted octanol–water partition coefficient (Wildman–Crippen LogP) is 5.61. The Morgan fingerprint density at radius 3 is 2.44 bits per heavy atom. The quantitative estimate of drug-likeness (QED) is 0.446. The summed E-state index contributed by atoms with van der Waals surface area (Å²) in [5.41, 5.74) is 3.44. The van der Waals surface area contributed by atoms with Crippen LogP contribution in [0.3, 0.4) is 0 Å². The Hall–Kier alpha value is -2.70. The minimum atomic E-state index is -3.69. The van der Waals surface area contributed by atoms with E-state index in [-0.39, 0.29) is 4.90 Å². The van der Waals surface area contributed by atoms with Crippen molar-refractivity contribution < 1.29 is 8.42 Å². The van der Waals surface area contributed by atoms with Crippen molar-refractivity contribution in [2.75, 3.05) is 4.72 Å². The van der Waals surface area contributed by atoms with Crippen molar-refractivity contribution in [1.29, 1.82) is 0 Å². The Morgan fingerprint density at radius 2 is 1.72 bits per heavy atom. The number of anilines is 1. The van der Waals surface area contributed by atoms with Gasteiger partial charge in [0.25, 0.3) is 10.0 Å². The summed E-state index contributed by atoms with van der Waals surface area (Å²) >= 11 is 0. The smallest absolute Gasteiger partial charge is 0.261 e. The first-order chi connectivity index (χ1) is 15.5. The van der Waals surface area contributed by atoms with Gasteiger partial charge in [0.15, 0.2) is 0 Å². The molecule has 0 saturated heterocycles. The zero-order chi connectivity index (χ0) is 22.4. The first-order valence-electron chi connectivity index (χ1n) is 11.4. The van der Waals surface area contributed by atoms with Crippen molar-refractivity contribution >= 4 is 15.7 Å². The summed E-state index contributed by atoms with van der Waals surface area (Å²) in [6.45, 7) is 2.85. The van der Waals surface area contributed by atoms with Gasteiger partial charge in [0.1, 0.15) is 0 Å². The Balaban J connectivity index is 1.42. The second-order valence-corrected chi connectivity index (χ2v) is 10.4. The molecule has 0 bridgehead atoms.